The van der Waals surface area contributed by atoms with Crippen molar-refractivity contribution in [3.63, 3.8) is 0 Å². The van der Waals surface area contributed by atoms with Crippen LogP contribution in [0.1, 0.15) is 15.9 Å². The Bertz CT molecular complexity index is 512. The van der Waals surface area contributed by atoms with E-state index in [1.807, 2.05) is 0 Å². The fraction of sp³-hybridized carbons (Fsp3) is 0.462. The highest BCUT2D eigenvalue weighted by molar-refractivity contribution is 5.95. The van der Waals surface area contributed by atoms with Gasteiger partial charge in [0.15, 0.2) is 0 Å². The summed E-state index contributed by atoms with van der Waals surface area (Å²) in [4.78, 5) is 22.3. The Balaban J connectivity index is 1.99. The van der Waals surface area contributed by atoms with Crippen molar-refractivity contribution in [2.75, 3.05) is 26.2 Å². The number of carbonyl (C=O) groups is 1. The summed E-state index contributed by atoms with van der Waals surface area (Å²) >= 11 is 0. The molecule has 108 valence electrons. The number of carbonyl (C=O) groups excluding carboxylic acids is 1. The SMILES string of the molecule is Cc1cc(C(=O)NCC2CNCCO2)cc([N+](=O)[O-])c1. The zero-order chi connectivity index (χ0) is 14.5. The zero-order valence-corrected chi connectivity index (χ0v) is 11.2. The number of hydrogen-bond acceptors (Lipinski definition) is 5. The van der Waals surface area contributed by atoms with E-state index in [1.54, 1.807) is 13.0 Å². The van der Waals surface area contributed by atoms with Crippen molar-refractivity contribution in [1.82, 2.24) is 10.6 Å². The molecule has 20 heavy (non-hydrogen) atoms. The Morgan fingerprint density at radius 3 is 3.00 bits per heavy atom. The van der Waals surface area contributed by atoms with E-state index in [-0.39, 0.29) is 17.7 Å². The summed E-state index contributed by atoms with van der Waals surface area (Å²) in [6.07, 6.45) is -0.0625. The largest absolute Gasteiger partial charge is 0.374 e. The van der Waals surface area contributed by atoms with Gasteiger partial charge < -0.3 is 15.4 Å². The second-order valence-corrected chi connectivity index (χ2v) is 4.72. The Hall–Kier alpha value is -1.99. The van der Waals surface area contributed by atoms with Crippen LogP contribution in [0.25, 0.3) is 0 Å². The van der Waals surface area contributed by atoms with Crippen molar-refractivity contribution < 1.29 is 14.5 Å². The predicted octanol–water partition coefficient (Wildman–Crippen LogP) is 0.621. The van der Waals surface area contributed by atoms with Gasteiger partial charge >= 0.3 is 0 Å². The molecule has 0 bridgehead atoms. The molecule has 0 aromatic heterocycles. The molecule has 1 aliphatic rings. The molecular weight excluding hydrogens is 262 g/mol. The molecule has 1 aromatic carbocycles. The summed E-state index contributed by atoms with van der Waals surface area (Å²) in [7, 11) is 0. The third-order valence-electron chi connectivity index (χ3n) is 3.03. The number of morpholine rings is 1. The van der Waals surface area contributed by atoms with E-state index in [0.717, 1.165) is 6.54 Å². The molecule has 1 saturated heterocycles. The number of nitro groups is 1. The van der Waals surface area contributed by atoms with Crippen LogP contribution in [0.2, 0.25) is 0 Å². The Morgan fingerprint density at radius 1 is 1.55 bits per heavy atom. The van der Waals surface area contributed by atoms with E-state index in [2.05, 4.69) is 10.6 Å². The smallest absolute Gasteiger partial charge is 0.270 e. The minimum absolute atomic E-state index is 0.0625. The Morgan fingerprint density at radius 2 is 2.35 bits per heavy atom. The first-order chi connectivity index (χ1) is 9.56. The van der Waals surface area contributed by atoms with E-state index in [1.165, 1.54) is 12.1 Å². The first-order valence-corrected chi connectivity index (χ1v) is 6.43. The van der Waals surface area contributed by atoms with E-state index >= 15 is 0 Å². The second-order valence-electron chi connectivity index (χ2n) is 4.72. The number of nitro benzene ring substituents is 1. The zero-order valence-electron chi connectivity index (χ0n) is 11.2. The molecule has 0 radical (unpaired) electrons. The van der Waals surface area contributed by atoms with E-state index in [9.17, 15) is 14.9 Å². The van der Waals surface area contributed by atoms with Crippen LogP contribution in [0.3, 0.4) is 0 Å². The van der Waals surface area contributed by atoms with Gasteiger partial charge in [-0.15, -0.1) is 0 Å². The molecular formula is C13H17N3O4. The molecule has 2 rings (SSSR count). The average molecular weight is 279 g/mol. The highest BCUT2D eigenvalue weighted by Gasteiger charge is 2.17. The van der Waals surface area contributed by atoms with Crippen LogP contribution in [0, 0.1) is 17.0 Å². The molecule has 1 heterocycles. The van der Waals surface area contributed by atoms with Gasteiger partial charge in [-0.05, 0) is 18.6 Å². The summed E-state index contributed by atoms with van der Waals surface area (Å²) < 4.78 is 5.46. The summed E-state index contributed by atoms with van der Waals surface area (Å²) in [6.45, 7) is 4.23. The number of rotatable bonds is 4. The summed E-state index contributed by atoms with van der Waals surface area (Å²) in [6, 6.07) is 4.34. The van der Waals surface area contributed by atoms with E-state index in [0.29, 0.717) is 30.8 Å². The van der Waals surface area contributed by atoms with Crippen molar-refractivity contribution >= 4 is 11.6 Å². The third-order valence-corrected chi connectivity index (χ3v) is 3.03. The molecule has 1 atom stereocenters. The maximum atomic E-state index is 12.0. The standard InChI is InChI=1S/C13H17N3O4/c1-9-4-10(6-11(5-9)16(18)19)13(17)15-8-12-7-14-2-3-20-12/h4-6,12,14H,2-3,7-8H2,1H3,(H,15,17). The Kier molecular flexibility index (Phi) is 4.65. The molecule has 1 aliphatic heterocycles. The monoisotopic (exact) mass is 279 g/mol. The topological polar surface area (TPSA) is 93.5 Å². The molecule has 1 fully saturated rings. The number of hydrogen-bond donors (Lipinski definition) is 2. The van der Waals surface area contributed by atoms with Gasteiger partial charge in [-0.1, -0.05) is 0 Å². The minimum atomic E-state index is -0.502. The predicted molar refractivity (Wildman–Crippen MR) is 72.8 cm³/mol. The molecule has 1 amide bonds. The van der Waals surface area contributed by atoms with Crippen LogP contribution in [0.5, 0.6) is 0 Å². The van der Waals surface area contributed by atoms with Gasteiger partial charge in [0, 0.05) is 37.3 Å². The fourth-order valence-electron chi connectivity index (χ4n) is 2.06. The van der Waals surface area contributed by atoms with Gasteiger partial charge in [0.1, 0.15) is 0 Å². The maximum absolute atomic E-state index is 12.0. The highest BCUT2D eigenvalue weighted by atomic mass is 16.6. The molecule has 1 aromatic rings. The minimum Gasteiger partial charge on any atom is -0.374 e. The number of nitrogens with one attached hydrogen (secondary N) is 2. The first-order valence-electron chi connectivity index (χ1n) is 6.43. The molecule has 7 heteroatoms. The number of benzene rings is 1. The highest BCUT2D eigenvalue weighted by Crippen LogP contribution is 2.16. The average Bonchev–Trinajstić information content (AvgIpc) is 2.45. The molecule has 1 unspecified atom stereocenters. The summed E-state index contributed by atoms with van der Waals surface area (Å²) in [5.74, 6) is -0.328. The van der Waals surface area contributed by atoms with Gasteiger partial charge in [0.2, 0.25) is 0 Å². The normalized spacial score (nSPS) is 18.6. The van der Waals surface area contributed by atoms with E-state index < -0.39 is 4.92 Å². The third kappa shape index (κ3) is 3.75. The van der Waals surface area contributed by atoms with Crippen molar-refractivity contribution in [2.45, 2.75) is 13.0 Å². The van der Waals surface area contributed by atoms with Crippen LogP contribution < -0.4 is 10.6 Å². The lowest BCUT2D eigenvalue weighted by Gasteiger charge is -2.23. The van der Waals surface area contributed by atoms with Gasteiger partial charge in [0.25, 0.3) is 11.6 Å². The first kappa shape index (κ1) is 14.4. The molecule has 0 aliphatic carbocycles. The van der Waals surface area contributed by atoms with Crippen molar-refractivity contribution in [3.05, 3.63) is 39.4 Å². The van der Waals surface area contributed by atoms with Crippen molar-refractivity contribution in [2.24, 2.45) is 0 Å². The Labute approximate surface area is 116 Å². The molecule has 0 saturated carbocycles. The summed E-state index contributed by atoms with van der Waals surface area (Å²) in [5, 5.41) is 16.7. The van der Waals surface area contributed by atoms with E-state index in [4.69, 9.17) is 4.74 Å². The second kappa shape index (κ2) is 6.44. The van der Waals surface area contributed by atoms with Crippen LogP contribution in [-0.2, 0) is 4.74 Å². The number of amides is 1. The van der Waals surface area contributed by atoms with Gasteiger partial charge in [-0.25, -0.2) is 0 Å². The van der Waals surface area contributed by atoms with Gasteiger partial charge in [-0.3, -0.25) is 14.9 Å². The molecule has 2 N–H and O–H groups in total. The number of nitrogens with zero attached hydrogens (tertiary/aromatic N) is 1. The van der Waals surface area contributed by atoms with Crippen LogP contribution in [0.4, 0.5) is 5.69 Å². The summed E-state index contributed by atoms with van der Waals surface area (Å²) in [5.41, 5.74) is 0.895. The fourth-order valence-corrected chi connectivity index (χ4v) is 2.06. The quantitative estimate of drug-likeness (QED) is 0.622. The van der Waals surface area contributed by atoms with Crippen molar-refractivity contribution in [1.29, 1.82) is 0 Å². The number of aryl methyl sites for hydroxylation is 1. The number of non-ortho nitro benzene ring substituents is 1. The number of ether oxygens (including phenoxy) is 1. The van der Waals surface area contributed by atoms with Crippen LogP contribution in [-0.4, -0.2) is 43.2 Å². The lowest BCUT2D eigenvalue weighted by molar-refractivity contribution is -0.384. The van der Waals surface area contributed by atoms with Crippen molar-refractivity contribution in [3.8, 4) is 0 Å². The lowest BCUT2D eigenvalue weighted by atomic mass is 10.1. The van der Waals surface area contributed by atoms with Gasteiger partial charge in [0.05, 0.1) is 17.6 Å². The van der Waals surface area contributed by atoms with Gasteiger partial charge in [-0.2, -0.15) is 0 Å². The van der Waals surface area contributed by atoms with Crippen LogP contribution in [0.15, 0.2) is 18.2 Å². The lowest BCUT2D eigenvalue weighted by Crippen LogP contribution is -2.45. The molecule has 0 spiro atoms. The molecule has 7 nitrogen and oxygen atoms in total. The van der Waals surface area contributed by atoms with Crippen LogP contribution >= 0.6 is 0 Å². The maximum Gasteiger partial charge on any atom is 0.270 e.